The molecule has 2 aromatic heterocycles. The lowest BCUT2D eigenvalue weighted by molar-refractivity contribution is -0.132. The molecule has 0 bridgehead atoms. The molecule has 0 N–H and O–H groups in total. The van der Waals surface area contributed by atoms with Gasteiger partial charge >= 0.3 is 0 Å². The molecule has 156 valence electrons. The molecule has 0 radical (unpaired) electrons. The van der Waals surface area contributed by atoms with Crippen molar-refractivity contribution in [1.82, 2.24) is 19.8 Å². The van der Waals surface area contributed by atoms with Crippen molar-refractivity contribution in [3.05, 3.63) is 83.5 Å². The number of fused-ring (bicyclic) bond motifs is 1. The van der Waals surface area contributed by atoms with Gasteiger partial charge in [0.25, 0.3) is 0 Å². The van der Waals surface area contributed by atoms with Crippen LogP contribution in [0.4, 0.5) is 0 Å². The summed E-state index contributed by atoms with van der Waals surface area (Å²) in [6.07, 6.45) is 2.12. The fraction of sp³-hybridized carbons (Fsp3) is 0.240. The smallest absolute Gasteiger partial charge is 0.228 e. The highest BCUT2D eigenvalue weighted by atomic mass is 32.1. The lowest BCUT2D eigenvalue weighted by Crippen LogP contribution is -2.48. The second kappa shape index (κ2) is 8.96. The van der Waals surface area contributed by atoms with Crippen LogP contribution < -0.4 is 0 Å². The van der Waals surface area contributed by atoms with Crippen LogP contribution >= 0.6 is 11.3 Å². The van der Waals surface area contributed by atoms with Crippen LogP contribution in [-0.4, -0.2) is 51.9 Å². The maximum Gasteiger partial charge on any atom is 0.228 e. The standard InChI is InChI=1S/C25H24N4OS/c30-24(16-21-18-31-25(27-21)23-10-3-4-11-26-23)29-14-12-28(13-15-29)17-20-8-5-7-19-6-1-2-9-22(19)20/h1-11,18H,12-17H2. The third-order valence-electron chi connectivity index (χ3n) is 5.77. The molecule has 1 amide bonds. The maximum atomic E-state index is 12.8. The molecule has 5 rings (SSSR count). The van der Waals surface area contributed by atoms with Crippen molar-refractivity contribution in [2.45, 2.75) is 13.0 Å². The average Bonchev–Trinajstić information content (AvgIpc) is 3.29. The molecule has 5 nitrogen and oxygen atoms in total. The molecular formula is C25H24N4OS. The van der Waals surface area contributed by atoms with Gasteiger partial charge in [-0.1, -0.05) is 48.5 Å². The molecule has 1 saturated heterocycles. The molecule has 3 heterocycles. The highest BCUT2D eigenvalue weighted by Gasteiger charge is 2.22. The third-order valence-corrected chi connectivity index (χ3v) is 6.68. The lowest BCUT2D eigenvalue weighted by atomic mass is 10.0. The van der Waals surface area contributed by atoms with Crippen LogP contribution in [0.2, 0.25) is 0 Å². The molecule has 0 aliphatic carbocycles. The molecule has 0 saturated carbocycles. The van der Waals surface area contributed by atoms with E-state index >= 15 is 0 Å². The highest BCUT2D eigenvalue weighted by Crippen LogP contribution is 2.23. The Balaban J connectivity index is 1.17. The molecule has 1 fully saturated rings. The number of aromatic nitrogens is 2. The summed E-state index contributed by atoms with van der Waals surface area (Å²) in [6.45, 7) is 4.24. The number of carbonyl (C=O) groups excluding carboxylic acids is 1. The van der Waals surface area contributed by atoms with Crippen LogP contribution in [0.15, 0.2) is 72.2 Å². The maximum absolute atomic E-state index is 12.8. The largest absolute Gasteiger partial charge is 0.340 e. The Morgan fingerprint density at radius 2 is 1.74 bits per heavy atom. The van der Waals surface area contributed by atoms with Gasteiger partial charge in [0.15, 0.2) is 0 Å². The lowest BCUT2D eigenvalue weighted by Gasteiger charge is -2.35. The average molecular weight is 429 g/mol. The summed E-state index contributed by atoms with van der Waals surface area (Å²) in [5.41, 5.74) is 3.03. The number of benzene rings is 2. The zero-order valence-corrected chi connectivity index (χ0v) is 18.1. The number of hydrogen-bond acceptors (Lipinski definition) is 5. The summed E-state index contributed by atoms with van der Waals surface area (Å²) in [7, 11) is 0. The molecule has 0 unspecified atom stereocenters. The minimum atomic E-state index is 0.155. The Morgan fingerprint density at radius 3 is 2.58 bits per heavy atom. The van der Waals surface area contributed by atoms with Crippen LogP contribution in [0, 0.1) is 0 Å². The van der Waals surface area contributed by atoms with E-state index in [0.29, 0.717) is 6.42 Å². The van der Waals surface area contributed by atoms with Gasteiger partial charge in [0.1, 0.15) is 5.01 Å². The predicted molar refractivity (Wildman–Crippen MR) is 125 cm³/mol. The van der Waals surface area contributed by atoms with Gasteiger partial charge in [-0.2, -0.15) is 0 Å². The number of rotatable bonds is 5. The van der Waals surface area contributed by atoms with Crippen molar-refractivity contribution in [1.29, 1.82) is 0 Å². The second-order valence-corrected chi connectivity index (χ2v) is 8.69. The Labute approximate surface area is 186 Å². The molecule has 4 aromatic rings. The van der Waals surface area contributed by atoms with E-state index in [2.05, 4.69) is 57.3 Å². The molecule has 0 atom stereocenters. The van der Waals surface area contributed by atoms with E-state index in [1.807, 2.05) is 28.5 Å². The van der Waals surface area contributed by atoms with E-state index in [-0.39, 0.29) is 5.91 Å². The van der Waals surface area contributed by atoms with E-state index in [4.69, 9.17) is 0 Å². The fourth-order valence-corrected chi connectivity index (χ4v) is 4.88. The number of carbonyl (C=O) groups is 1. The molecule has 2 aromatic carbocycles. The summed E-state index contributed by atoms with van der Waals surface area (Å²) >= 11 is 1.54. The topological polar surface area (TPSA) is 49.3 Å². The van der Waals surface area contributed by atoms with Crippen LogP contribution in [0.1, 0.15) is 11.3 Å². The number of nitrogens with zero attached hydrogens (tertiary/aromatic N) is 4. The minimum Gasteiger partial charge on any atom is -0.340 e. The van der Waals surface area contributed by atoms with Crippen molar-refractivity contribution in [3.63, 3.8) is 0 Å². The fourth-order valence-electron chi connectivity index (χ4n) is 4.09. The summed E-state index contributed by atoms with van der Waals surface area (Å²) in [5.74, 6) is 0.155. The molecule has 6 heteroatoms. The van der Waals surface area contributed by atoms with Gasteiger partial charge in [-0.15, -0.1) is 11.3 Å². The first-order valence-electron chi connectivity index (χ1n) is 10.6. The molecule has 1 aliphatic rings. The normalized spacial score (nSPS) is 14.8. The van der Waals surface area contributed by atoms with Crippen LogP contribution in [0.5, 0.6) is 0 Å². The Kier molecular flexibility index (Phi) is 5.74. The first kappa shape index (κ1) is 19.8. The number of piperazine rings is 1. The van der Waals surface area contributed by atoms with Crippen LogP contribution in [-0.2, 0) is 17.8 Å². The Hall–Kier alpha value is -3.09. The quantitative estimate of drug-likeness (QED) is 0.477. The summed E-state index contributed by atoms with van der Waals surface area (Å²) in [4.78, 5) is 26.2. The SMILES string of the molecule is O=C(Cc1csc(-c2ccccn2)n1)N1CCN(Cc2cccc3ccccc23)CC1. The first-order chi connectivity index (χ1) is 15.3. The van der Waals surface area contributed by atoms with Crippen molar-refractivity contribution < 1.29 is 4.79 Å². The second-order valence-electron chi connectivity index (χ2n) is 7.83. The summed E-state index contributed by atoms with van der Waals surface area (Å²) < 4.78 is 0. The van der Waals surface area contributed by atoms with Crippen molar-refractivity contribution in [3.8, 4) is 10.7 Å². The van der Waals surface area contributed by atoms with Gasteiger partial charge in [0.2, 0.25) is 5.91 Å². The van der Waals surface area contributed by atoms with E-state index in [9.17, 15) is 4.79 Å². The van der Waals surface area contributed by atoms with Gasteiger partial charge in [-0.3, -0.25) is 14.7 Å². The van der Waals surface area contributed by atoms with Gasteiger partial charge in [-0.25, -0.2) is 4.98 Å². The Bertz CT molecular complexity index is 1180. The summed E-state index contributed by atoms with van der Waals surface area (Å²) in [5, 5.41) is 5.43. The number of amides is 1. The number of thiazole rings is 1. The summed E-state index contributed by atoms with van der Waals surface area (Å²) in [6, 6.07) is 20.8. The van der Waals surface area contributed by atoms with Crippen LogP contribution in [0.25, 0.3) is 21.5 Å². The molecule has 1 aliphatic heterocycles. The highest BCUT2D eigenvalue weighted by molar-refractivity contribution is 7.13. The van der Waals surface area contributed by atoms with Crippen LogP contribution in [0.3, 0.4) is 0 Å². The van der Waals surface area contributed by atoms with Crippen molar-refractivity contribution >= 4 is 28.0 Å². The van der Waals surface area contributed by atoms with Crippen molar-refractivity contribution in [2.75, 3.05) is 26.2 Å². The van der Waals surface area contributed by atoms with E-state index in [0.717, 1.165) is 49.1 Å². The van der Waals surface area contributed by atoms with Gasteiger partial charge in [0.05, 0.1) is 17.8 Å². The molecule has 31 heavy (non-hydrogen) atoms. The van der Waals surface area contributed by atoms with Crippen molar-refractivity contribution in [2.24, 2.45) is 0 Å². The third kappa shape index (κ3) is 4.50. The Morgan fingerprint density at radius 1 is 0.935 bits per heavy atom. The predicted octanol–water partition coefficient (Wildman–Crippen LogP) is 4.25. The number of pyridine rings is 1. The van der Waals surface area contributed by atoms with Gasteiger partial charge in [-0.05, 0) is 28.5 Å². The first-order valence-corrected chi connectivity index (χ1v) is 11.5. The van der Waals surface area contributed by atoms with Gasteiger partial charge in [0, 0.05) is 44.3 Å². The van der Waals surface area contributed by atoms with Gasteiger partial charge < -0.3 is 4.90 Å². The zero-order chi connectivity index (χ0) is 21.0. The van der Waals surface area contributed by atoms with E-state index in [1.54, 1.807) is 17.5 Å². The minimum absolute atomic E-state index is 0.155. The van der Waals surface area contributed by atoms with E-state index in [1.165, 1.54) is 16.3 Å². The molecule has 0 spiro atoms. The number of hydrogen-bond donors (Lipinski definition) is 0. The van der Waals surface area contributed by atoms with E-state index < -0.39 is 0 Å². The monoisotopic (exact) mass is 428 g/mol. The zero-order valence-electron chi connectivity index (χ0n) is 17.3. The molecular weight excluding hydrogens is 404 g/mol.